The summed E-state index contributed by atoms with van der Waals surface area (Å²) in [7, 11) is 0. The number of carboxylic acids is 1. The fraction of sp³-hybridized carbons (Fsp3) is 0.476. The first-order valence-corrected chi connectivity index (χ1v) is 9.50. The summed E-state index contributed by atoms with van der Waals surface area (Å²) in [5.41, 5.74) is 3.12. The van der Waals surface area contributed by atoms with E-state index in [2.05, 4.69) is 22.0 Å². The average molecular weight is 367 g/mol. The van der Waals surface area contributed by atoms with Crippen molar-refractivity contribution in [3.8, 4) is 0 Å². The minimum absolute atomic E-state index is 0.0803. The number of rotatable bonds is 2. The molecule has 1 spiro atoms. The van der Waals surface area contributed by atoms with Crippen LogP contribution in [0.3, 0.4) is 0 Å². The number of anilines is 1. The lowest BCUT2D eigenvalue weighted by Crippen LogP contribution is -2.42. The molecule has 0 bridgehead atoms. The van der Waals surface area contributed by atoms with Gasteiger partial charge in [0.15, 0.2) is 0 Å². The summed E-state index contributed by atoms with van der Waals surface area (Å²) >= 11 is 0. The smallest absolute Gasteiger partial charge is 0.326 e. The largest absolute Gasteiger partial charge is 0.480 e. The highest BCUT2D eigenvalue weighted by atomic mass is 16.4. The van der Waals surface area contributed by atoms with Crippen molar-refractivity contribution in [3.05, 3.63) is 36.0 Å². The van der Waals surface area contributed by atoms with E-state index in [1.165, 1.54) is 12.6 Å². The summed E-state index contributed by atoms with van der Waals surface area (Å²) in [5, 5.41) is 10.7. The third-order valence-corrected chi connectivity index (χ3v) is 6.19. The van der Waals surface area contributed by atoms with Crippen LogP contribution in [0.2, 0.25) is 0 Å². The predicted molar refractivity (Wildman–Crippen MR) is 104 cm³/mol. The highest BCUT2D eigenvalue weighted by molar-refractivity contribution is 5.92. The number of aryl methyl sites for hydroxylation is 1. The van der Waals surface area contributed by atoms with Crippen molar-refractivity contribution >= 4 is 28.5 Å². The number of aromatic nitrogens is 1. The van der Waals surface area contributed by atoms with Crippen molar-refractivity contribution in [2.24, 2.45) is 5.41 Å². The van der Waals surface area contributed by atoms with Crippen LogP contribution in [0.4, 0.5) is 5.69 Å². The monoisotopic (exact) mass is 367 g/mol. The van der Waals surface area contributed by atoms with E-state index in [-0.39, 0.29) is 11.3 Å². The van der Waals surface area contributed by atoms with Gasteiger partial charge in [0.05, 0.1) is 5.52 Å². The molecule has 27 heavy (non-hydrogen) atoms. The minimum atomic E-state index is -0.889. The summed E-state index contributed by atoms with van der Waals surface area (Å²) in [4.78, 5) is 32.1. The van der Waals surface area contributed by atoms with E-state index in [1.54, 1.807) is 4.90 Å². The molecule has 1 unspecified atom stereocenters. The molecule has 2 saturated heterocycles. The molecule has 0 aliphatic carbocycles. The molecule has 1 aromatic carbocycles. The standard InChI is InChI=1S/C21H25N3O3/c1-14-11-18(16-5-3-4-6-17(16)22-14)23-9-7-21(8-10-23)12-19(20(26)27)24(13-21)15(2)25/h3-6,11,19H,7-10,12-13H2,1-2H3,(H,26,27). The van der Waals surface area contributed by atoms with E-state index in [1.807, 2.05) is 25.1 Å². The summed E-state index contributed by atoms with van der Waals surface area (Å²) < 4.78 is 0. The Labute approximate surface area is 158 Å². The normalized spacial score (nSPS) is 21.8. The molecule has 2 aliphatic heterocycles. The number of hydrogen-bond donors (Lipinski definition) is 1. The van der Waals surface area contributed by atoms with E-state index < -0.39 is 12.0 Å². The number of nitrogens with zero attached hydrogens (tertiary/aromatic N) is 3. The third-order valence-electron chi connectivity index (χ3n) is 6.19. The molecule has 3 heterocycles. The Morgan fingerprint density at radius 2 is 1.93 bits per heavy atom. The van der Waals surface area contributed by atoms with Crippen LogP contribution in [0.25, 0.3) is 10.9 Å². The lowest BCUT2D eigenvalue weighted by atomic mass is 9.76. The van der Waals surface area contributed by atoms with Gasteiger partial charge >= 0.3 is 5.97 Å². The fourth-order valence-electron chi connectivity index (χ4n) is 4.74. The molecule has 1 amide bonds. The van der Waals surface area contributed by atoms with Crippen LogP contribution in [0.5, 0.6) is 0 Å². The highest BCUT2D eigenvalue weighted by Crippen LogP contribution is 2.44. The Bertz CT molecular complexity index is 879. The zero-order valence-electron chi connectivity index (χ0n) is 15.8. The first kappa shape index (κ1) is 17.8. The molecule has 0 saturated carbocycles. The number of piperidine rings is 1. The molecule has 2 fully saturated rings. The Hall–Kier alpha value is -2.63. The number of para-hydroxylation sites is 1. The molecule has 2 aliphatic rings. The number of carbonyl (C=O) groups excluding carboxylic acids is 1. The number of benzene rings is 1. The molecular formula is C21H25N3O3. The van der Waals surface area contributed by atoms with E-state index in [0.717, 1.165) is 42.5 Å². The van der Waals surface area contributed by atoms with E-state index in [4.69, 9.17) is 0 Å². The maximum atomic E-state index is 11.9. The predicted octanol–water partition coefficient (Wildman–Crippen LogP) is 2.84. The van der Waals surface area contributed by atoms with Crippen LogP contribution in [0.15, 0.2) is 30.3 Å². The number of fused-ring (bicyclic) bond motifs is 1. The first-order valence-electron chi connectivity index (χ1n) is 9.50. The van der Waals surface area contributed by atoms with Crippen molar-refractivity contribution in [3.63, 3.8) is 0 Å². The number of amides is 1. The fourth-order valence-corrected chi connectivity index (χ4v) is 4.74. The summed E-state index contributed by atoms with van der Waals surface area (Å²) in [6, 6.07) is 9.64. The Morgan fingerprint density at radius 1 is 1.22 bits per heavy atom. The van der Waals surface area contributed by atoms with Crippen LogP contribution in [-0.2, 0) is 9.59 Å². The molecule has 1 atom stereocenters. The van der Waals surface area contributed by atoms with Crippen molar-refractivity contribution in [1.29, 1.82) is 0 Å². The first-order chi connectivity index (χ1) is 12.9. The maximum Gasteiger partial charge on any atom is 0.326 e. The van der Waals surface area contributed by atoms with Crippen molar-refractivity contribution in [2.45, 2.75) is 39.2 Å². The van der Waals surface area contributed by atoms with Crippen LogP contribution >= 0.6 is 0 Å². The Morgan fingerprint density at radius 3 is 2.56 bits per heavy atom. The summed E-state index contributed by atoms with van der Waals surface area (Å²) in [6.07, 6.45) is 2.36. The number of carboxylic acid groups (broad SMARTS) is 1. The Kier molecular flexibility index (Phi) is 4.29. The quantitative estimate of drug-likeness (QED) is 0.884. The number of hydrogen-bond acceptors (Lipinski definition) is 4. The summed E-state index contributed by atoms with van der Waals surface area (Å²) in [6.45, 7) is 5.77. The second kappa shape index (κ2) is 6.51. The van der Waals surface area contributed by atoms with Gasteiger partial charge in [-0.15, -0.1) is 0 Å². The van der Waals surface area contributed by atoms with Crippen LogP contribution < -0.4 is 4.90 Å². The maximum absolute atomic E-state index is 11.9. The van der Waals surface area contributed by atoms with Crippen molar-refractivity contribution in [2.75, 3.05) is 24.5 Å². The van der Waals surface area contributed by atoms with Gasteiger partial charge in [0, 0.05) is 43.3 Å². The molecule has 6 heteroatoms. The molecule has 142 valence electrons. The summed E-state index contributed by atoms with van der Waals surface area (Å²) in [5.74, 6) is -1.03. The van der Waals surface area contributed by atoms with Crippen LogP contribution in [0, 0.1) is 12.3 Å². The molecule has 1 aromatic heterocycles. The van der Waals surface area contributed by atoms with E-state index >= 15 is 0 Å². The molecule has 6 nitrogen and oxygen atoms in total. The van der Waals surface area contributed by atoms with Gasteiger partial charge in [-0.1, -0.05) is 18.2 Å². The average Bonchev–Trinajstić information content (AvgIpc) is 3.02. The number of likely N-dealkylation sites (tertiary alicyclic amines) is 1. The number of pyridine rings is 1. The van der Waals surface area contributed by atoms with Gasteiger partial charge in [-0.3, -0.25) is 9.78 Å². The minimum Gasteiger partial charge on any atom is -0.480 e. The topological polar surface area (TPSA) is 73.7 Å². The number of carbonyl (C=O) groups is 2. The van der Waals surface area contributed by atoms with Gasteiger partial charge in [0.2, 0.25) is 5.91 Å². The SMILES string of the molecule is CC(=O)N1CC2(CCN(c3cc(C)nc4ccccc34)CC2)CC1C(=O)O. The second-order valence-corrected chi connectivity index (χ2v) is 7.99. The van der Waals surface area contributed by atoms with Gasteiger partial charge in [0.25, 0.3) is 0 Å². The van der Waals surface area contributed by atoms with Crippen molar-refractivity contribution in [1.82, 2.24) is 9.88 Å². The van der Waals surface area contributed by atoms with Gasteiger partial charge in [-0.2, -0.15) is 0 Å². The lowest BCUT2D eigenvalue weighted by Gasteiger charge is -2.40. The molecular weight excluding hydrogens is 342 g/mol. The van der Waals surface area contributed by atoms with Gasteiger partial charge in [-0.25, -0.2) is 4.79 Å². The van der Waals surface area contributed by atoms with E-state index in [9.17, 15) is 14.7 Å². The molecule has 1 N–H and O–H groups in total. The number of aliphatic carboxylic acids is 1. The van der Waals surface area contributed by atoms with Crippen LogP contribution in [0.1, 0.15) is 31.9 Å². The highest BCUT2D eigenvalue weighted by Gasteiger charge is 2.49. The zero-order chi connectivity index (χ0) is 19.2. The van der Waals surface area contributed by atoms with E-state index in [0.29, 0.717) is 13.0 Å². The van der Waals surface area contributed by atoms with Gasteiger partial charge in [0.1, 0.15) is 6.04 Å². The van der Waals surface area contributed by atoms with Gasteiger partial charge in [-0.05, 0) is 43.7 Å². The molecule has 2 aromatic rings. The van der Waals surface area contributed by atoms with Crippen molar-refractivity contribution < 1.29 is 14.7 Å². The lowest BCUT2D eigenvalue weighted by molar-refractivity contribution is -0.147. The van der Waals surface area contributed by atoms with Crippen LogP contribution in [-0.4, -0.2) is 52.5 Å². The zero-order valence-corrected chi connectivity index (χ0v) is 15.8. The molecule has 4 rings (SSSR count). The Balaban J connectivity index is 1.57. The second-order valence-electron chi connectivity index (χ2n) is 7.99. The molecule has 0 radical (unpaired) electrons. The van der Waals surface area contributed by atoms with Gasteiger partial charge < -0.3 is 14.9 Å². The third kappa shape index (κ3) is 3.13.